The van der Waals surface area contributed by atoms with Crippen LogP contribution in [0.5, 0.6) is 0 Å². The maximum Gasteiger partial charge on any atom is 0.227 e. The van der Waals surface area contributed by atoms with E-state index in [1.807, 2.05) is 56.3 Å². The Balaban J connectivity index is 1.60. The van der Waals surface area contributed by atoms with Crippen LogP contribution >= 0.6 is 0 Å². The van der Waals surface area contributed by atoms with Crippen molar-refractivity contribution in [2.24, 2.45) is 0 Å². The van der Waals surface area contributed by atoms with Crippen LogP contribution in [0.4, 0.5) is 0 Å². The molecule has 4 aromatic heterocycles. The molecule has 0 aliphatic heterocycles. The van der Waals surface area contributed by atoms with Crippen molar-refractivity contribution in [1.29, 1.82) is 0 Å². The lowest BCUT2D eigenvalue weighted by Gasteiger charge is -2.26. The number of hydrogen-bond donors (Lipinski definition) is 0. The lowest BCUT2D eigenvalue weighted by molar-refractivity contribution is 0.595. The fraction of sp³-hybridized carbons (Fsp3) is 0.229. The van der Waals surface area contributed by atoms with Crippen LogP contribution in [0.3, 0.4) is 0 Å². The molecule has 0 amide bonds. The molecule has 6 aromatic rings. The summed E-state index contributed by atoms with van der Waals surface area (Å²) in [7, 11) is 0. The predicted octanol–water partition coefficient (Wildman–Crippen LogP) is 8.97. The molecule has 4 heteroatoms. The highest BCUT2D eigenvalue weighted by atomic mass is 16.3. The standard InChI is InChI=1S/C35H33N3O/c1-20-13-26(33-27(14-20)32-23(4)19-24(5)36-34(32)39-33)29-16-22(3)18-31(38-29)35(6,7)30-17-21(2)15-28(37-30)25-11-9-8-10-12-25/h8-19H,1-7H3/i1D3,4D3. The Hall–Kier alpha value is -4.31. The molecule has 0 saturated heterocycles. The van der Waals surface area contributed by atoms with Gasteiger partial charge in [0.1, 0.15) is 5.58 Å². The molecular formula is C35H33N3O. The normalized spacial score (nSPS) is 14.9. The molecule has 0 aliphatic rings. The van der Waals surface area contributed by atoms with Crippen LogP contribution in [0.25, 0.3) is 44.6 Å². The zero-order valence-corrected chi connectivity index (χ0v) is 22.7. The molecule has 0 saturated carbocycles. The van der Waals surface area contributed by atoms with Gasteiger partial charge in [0.25, 0.3) is 0 Å². The highest BCUT2D eigenvalue weighted by Gasteiger charge is 2.29. The van der Waals surface area contributed by atoms with Gasteiger partial charge in [0, 0.05) is 35.8 Å². The minimum absolute atomic E-state index is 0.0572. The molecule has 39 heavy (non-hydrogen) atoms. The first-order valence-electron chi connectivity index (χ1n) is 16.0. The molecule has 4 nitrogen and oxygen atoms in total. The summed E-state index contributed by atoms with van der Waals surface area (Å²) >= 11 is 0. The Bertz CT molecular complexity index is 2090. The van der Waals surface area contributed by atoms with Gasteiger partial charge in [-0.2, -0.15) is 0 Å². The molecule has 4 heterocycles. The molecule has 0 bridgehead atoms. The smallest absolute Gasteiger partial charge is 0.227 e. The van der Waals surface area contributed by atoms with E-state index in [0.717, 1.165) is 33.8 Å². The molecule has 2 aromatic carbocycles. The van der Waals surface area contributed by atoms with Crippen LogP contribution in [0.15, 0.2) is 77.2 Å². The van der Waals surface area contributed by atoms with Crippen LogP contribution in [-0.4, -0.2) is 15.0 Å². The summed E-state index contributed by atoms with van der Waals surface area (Å²) in [5.41, 5.74) is 6.90. The molecular weight excluding hydrogens is 478 g/mol. The SMILES string of the molecule is [2H]C([2H])([2H])c1cc(-c2cc(C)cc(C(C)(C)c3cc(C)cc(-c4ccccc4)n3)n2)c2oc3nc(C)cc(C([2H])([2H])[2H])c3c2c1. The quantitative estimate of drug-likeness (QED) is 0.234. The summed E-state index contributed by atoms with van der Waals surface area (Å²) in [4.78, 5) is 14.6. The number of aryl methyl sites for hydroxylation is 5. The summed E-state index contributed by atoms with van der Waals surface area (Å²) in [6, 6.07) is 22.6. The topological polar surface area (TPSA) is 51.8 Å². The summed E-state index contributed by atoms with van der Waals surface area (Å²) in [5, 5.41) is 0.665. The number of furan rings is 1. The van der Waals surface area contributed by atoms with Crippen molar-refractivity contribution < 1.29 is 12.6 Å². The number of fused-ring (bicyclic) bond motifs is 3. The molecule has 0 atom stereocenters. The van der Waals surface area contributed by atoms with E-state index in [4.69, 9.17) is 22.6 Å². The Morgan fingerprint density at radius 3 is 2.10 bits per heavy atom. The minimum atomic E-state index is -2.46. The average Bonchev–Trinajstić information content (AvgIpc) is 3.33. The van der Waals surface area contributed by atoms with Crippen molar-refractivity contribution in [2.45, 2.75) is 53.7 Å². The molecule has 0 radical (unpaired) electrons. The number of pyridine rings is 3. The Labute approximate surface area is 238 Å². The van der Waals surface area contributed by atoms with E-state index in [9.17, 15) is 0 Å². The average molecular weight is 518 g/mol. The van der Waals surface area contributed by atoms with Gasteiger partial charge in [0.2, 0.25) is 5.71 Å². The van der Waals surface area contributed by atoms with Crippen LogP contribution in [-0.2, 0) is 5.41 Å². The van der Waals surface area contributed by atoms with Gasteiger partial charge >= 0.3 is 0 Å². The Kier molecular flexibility index (Phi) is 4.43. The summed E-state index contributed by atoms with van der Waals surface area (Å²) in [5.74, 6) is 0. The van der Waals surface area contributed by atoms with Crippen LogP contribution in [0.2, 0.25) is 0 Å². The first kappa shape index (κ1) is 18.9. The van der Waals surface area contributed by atoms with Gasteiger partial charge in [-0.1, -0.05) is 30.3 Å². The molecule has 6 rings (SSSR count). The monoisotopic (exact) mass is 517 g/mol. The lowest BCUT2D eigenvalue weighted by atomic mass is 9.83. The summed E-state index contributed by atoms with van der Waals surface area (Å²) in [6.45, 7) is 4.93. The second kappa shape index (κ2) is 9.16. The predicted molar refractivity (Wildman–Crippen MR) is 160 cm³/mol. The maximum absolute atomic E-state index is 8.23. The van der Waals surface area contributed by atoms with Gasteiger partial charge in [-0.15, -0.1) is 0 Å². The first-order chi connectivity index (χ1) is 21.0. The van der Waals surface area contributed by atoms with Gasteiger partial charge in [0.05, 0.1) is 28.2 Å². The van der Waals surface area contributed by atoms with Gasteiger partial charge in [-0.25, -0.2) is 4.98 Å². The Morgan fingerprint density at radius 1 is 0.718 bits per heavy atom. The molecule has 0 N–H and O–H groups in total. The van der Waals surface area contributed by atoms with Crippen molar-refractivity contribution >= 4 is 22.1 Å². The number of rotatable bonds is 4. The van der Waals surface area contributed by atoms with E-state index < -0.39 is 19.1 Å². The molecule has 0 fully saturated rings. The third kappa shape index (κ3) is 4.40. The highest BCUT2D eigenvalue weighted by molar-refractivity contribution is 6.10. The van der Waals surface area contributed by atoms with Crippen molar-refractivity contribution in [3.8, 4) is 22.5 Å². The number of benzene rings is 2. The number of aromatic nitrogens is 3. The van der Waals surface area contributed by atoms with Gasteiger partial charge in [-0.05, 0) is 113 Å². The molecule has 0 unspecified atom stereocenters. The van der Waals surface area contributed by atoms with Crippen molar-refractivity contribution in [2.75, 3.05) is 0 Å². The van der Waals surface area contributed by atoms with Crippen molar-refractivity contribution in [3.63, 3.8) is 0 Å². The fourth-order valence-corrected chi connectivity index (χ4v) is 5.19. The summed E-state index contributed by atoms with van der Waals surface area (Å²) in [6.07, 6.45) is 0. The van der Waals surface area contributed by atoms with E-state index in [-0.39, 0.29) is 22.2 Å². The largest absolute Gasteiger partial charge is 0.437 e. The fourth-order valence-electron chi connectivity index (χ4n) is 5.19. The van der Waals surface area contributed by atoms with Gasteiger partial charge in [0.15, 0.2) is 0 Å². The van der Waals surface area contributed by atoms with E-state index in [1.54, 1.807) is 13.0 Å². The van der Waals surface area contributed by atoms with Crippen molar-refractivity contribution in [1.82, 2.24) is 15.0 Å². The molecule has 0 spiro atoms. The number of hydrogen-bond acceptors (Lipinski definition) is 4. The molecule has 0 aliphatic carbocycles. The third-order valence-corrected chi connectivity index (χ3v) is 7.24. The van der Waals surface area contributed by atoms with Crippen LogP contribution < -0.4 is 0 Å². The van der Waals surface area contributed by atoms with Gasteiger partial charge in [-0.3, -0.25) is 9.97 Å². The van der Waals surface area contributed by atoms with Crippen LogP contribution in [0, 0.1) is 34.5 Å². The maximum atomic E-state index is 8.23. The lowest BCUT2D eigenvalue weighted by Crippen LogP contribution is -2.23. The first-order valence-corrected chi connectivity index (χ1v) is 13.0. The second-order valence-corrected chi connectivity index (χ2v) is 10.8. The van der Waals surface area contributed by atoms with Crippen LogP contribution in [0.1, 0.15) is 61.4 Å². The third-order valence-electron chi connectivity index (χ3n) is 7.24. The summed E-state index contributed by atoms with van der Waals surface area (Å²) < 4.78 is 55.5. The van der Waals surface area contributed by atoms with Gasteiger partial charge < -0.3 is 4.42 Å². The van der Waals surface area contributed by atoms with E-state index in [1.165, 1.54) is 12.1 Å². The number of nitrogens with zero attached hydrogens (tertiary/aromatic N) is 3. The highest BCUT2D eigenvalue weighted by Crippen LogP contribution is 2.39. The van der Waals surface area contributed by atoms with E-state index >= 15 is 0 Å². The van der Waals surface area contributed by atoms with E-state index in [0.29, 0.717) is 27.9 Å². The van der Waals surface area contributed by atoms with Crippen molar-refractivity contribution in [3.05, 3.63) is 112 Å². The second-order valence-electron chi connectivity index (χ2n) is 10.8. The molecule has 194 valence electrons. The zero-order chi connectivity index (χ0) is 32.5. The zero-order valence-electron chi connectivity index (χ0n) is 28.7. The van der Waals surface area contributed by atoms with E-state index in [2.05, 4.69) is 31.0 Å². The minimum Gasteiger partial charge on any atom is -0.437 e. The Morgan fingerprint density at radius 2 is 1.41 bits per heavy atom.